The van der Waals surface area contributed by atoms with Gasteiger partial charge in [-0.2, -0.15) is 0 Å². The van der Waals surface area contributed by atoms with Crippen LogP contribution in [0.1, 0.15) is 23.0 Å². The van der Waals surface area contributed by atoms with E-state index in [1.165, 1.54) is 11.3 Å². The van der Waals surface area contributed by atoms with E-state index in [9.17, 15) is 4.79 Å². The van der Waals surface area contributed by atoms with Gasteiger partial charge in [0.1, 0.15) is 0 Å². The number of halogens is 1. The molecule has 3 heteroatoms. The Morgan fingerprint density at radius 3 is 3.00 bits per heavy atom. The first kappa shape index (κ1) is 9.68. The van der Waals surface area contributed by atoms with Crippen molar-refractivity contribution >= 4 is 33.0 Å². The van der Waals surface area contributed by atoms with Crippen LogP contribution in [0.15, 0.2) is 28.1 Å². The molecule has 0 radical (unpaired) electrons. The van der Waals surface area contributed by atoms with E-state index in [0.29, 0.717) is 0 Å². The predicted molar refractivity (Wildman–Crippen MR) is 55.8 cm³/mol. The average molecular weight is 245 g/mol. The van der Waals surface area contributed by atoms with Gasteiger partial charge in [-0.1, -0.05) is 13.0 Å². The van der Waals surface area contributed by atoms with Crippen molar-refractivity contribution in [2.45, 2.75) is 13.3 Å². The van der Waals surface area contributed by atoms with Crippen LogP contribution in [-0.2, 0) is 0 Å². The Morgan fingerprint density at radius 2 is 2.50 bits per heavy atom. The molecule has 0 aliphatic heterocycles. The van der Waals surface area contributed by atoms with E-state index in [2.05, 4.69) is 15.9 Å². The van der Waals surface area contributed by atoms with Crippen molar-refractivity contribution in [3.8, 4) is 0 Å². The largest absolute Gasteiger partial charge is 0.288 e. The van der Waals surface area contributed by atoms with Crippen LogP contribution in [0.5, 0.6) is 0 Å². The highest BCUT2D eigenvalue weighted by molar-refractivity contribution is 9.10. The summed E-state index contributed by atoms with van der Waals surface area (Å²) in [4.78, 5) is 12.2. The Balaban J connectivity index is 2.78. The van der Waals surface area contributed by atoms with Crippen LogP contribution >= 0.6 is 27.3 Å². The van der Waals surface area contributed by atoms with Crippen LogP contribution in [0.4, 0.5) is 0 Å². The van der Waals surface area contributed by atoms with Crippen molar-refractivity contribution in [3.05, 3.63) is 32.9 Å². The van der Waals surface area contributed by atoms with Gasteiger partial charge in [0.25, 0.3) is 0 Å². The van der Waals surface area contributed by atoms with Gasteiger partial charge in [-0.3, -0.25) is 4.79 Å². The maximum atomic E-state index is 11.4. The summed E-state index contributed by atoms with van der Waals surface area (Å²) >= 11 is 4.77. The van der Waals surface area contributed by atoms with Gasteiger partial charge >= 0.3 is 0 Å². The molecule has 0 atom stereocenters. The third kappa shape index (κ3) is 2.29. The highest BCUT2D eigenvalue weighted by Crippen LogP contribution is 2.23. The molecule has 0 spiro atoms. The minimum Gasteiger partial charge on any atom is -0.288 e. The van der Waals surface area contributed by atoms with Gasteiger partial charge in [-0.25, -0.2) is 0 Å². The lowest BCUT2D eigenvalue weighted by Gasteiger charge is -1.89. The molecule has 0 fully saturated rings. The van der Waals surface area contributed by atoms with E-state index in [1.54, 1.807) is 6.08 Å². The first-order chi connectivity index (χ1) is 5.75. The lowest BCUT2D eigenvalue weighted by atomic mass is 10.3. The molecular weight excluding hydrogens is 236 g/mol. The lowest BCUT2D eigenvalue weighted by molar-refractivity contribution is 0.104. The van der Waals surface area contributed by atoms with E-state index in [-0.39, 0.29) is 5.78 Å². The molecule has 0 saturated carbocycles. The molecule has 0 amide bonds. The SMILES string of the molecule is CCC=CC(=O)c1sccc1Br. The molecule has 0 N–H and O–H groups in total. The first-order valence-electron chi connectivity index (χ1n) is 3.69. The smallest absolute Gasteiger partial charge is 0.196 e. The highest BCUT2D eigenvalue weighted by atomic mass is 79.9. The normalized spacial score (nSPS) is 10.8. The molecule has 0 bridgehead atoms. The zero-order valence-electron chi connectivity index (χ0n) is 6.71. The van der Waals surface area contributed by atoms with Gasteiger partial charge in [-0.05, 0) is 39.9 Å². The topological polar surface area (TPSA) is 17.1 Å². The molecular formula is C9H9BrOS. The second kappa shape index (κ2) is 4.58. The highest BCUT2D eigenvalue weighted by Gasteiger charge is 2.06. The molecule has 0 unspecified atom stereocenters. The van der Waals surface area contributed by atoms with Crippen molar-refractivity contribution in [3.63, 3.8) is 0 Å². The Morgan fingerprint density at radius 1 is 1.75 bits per heavy atom. The maximum Gasteiger partial charge on any atom is 0.196 e. The fraction of sp³-hybridized carbons (Fsp3) is 0.222. The summed E-state index contributed by atoms with van der Waals surface area (Å²) in [5.41, 5.74) is 0. The minimum absolute atomic E-state index is 0.0822. The van der Waals surface area contributed by atoms with E-state index in [4.69, 9.17) is 0 Å². The summed E-state index contributed by atoms with van der Waals surface area (Å²) in [7, 11) is 0. The molecule has 64 valence electrons. The third-order valence-electron chi connectivity index (χ3n) is 1.35. The third-order valence-corrected chi connectivity index (χ3v) is 3.20. The number of allylic oxidation sites excluding steroid dienone is 2. The van der Waals surface area contributed by atoms with Gasteiger partial charge in [0.2, 0.25) is 0 Å². The van der Waals surface area contributed by atoms with Crippen molar-refractivity contribution in [2.75, 3.05) is 0 Å². The van der Waals surface area contributed by atoms with Crippen LogP contribution in [0, 0.1) is 0 Å². The molecule has 0 saturated heterocycles. The van der Waals surface area contributed by atoms with Crippen molar-refractivity contribution in [1.82, 2.24) is 0 Å². The summed E-state index contributed by atoms with van der Waals surface area (Å²) in [6.45, 7) is 2.01. The van der Waals surface area contributed by atoms with E-state index in [0.717, 1.165) is 15.8 Å². The quantitative estimate of drug-likeness (QED) is 0.586. The molecule has 1 heterocycles. The van der Waals surface area contributed by atoms with E-state index >= 15 is 0 Å². The maximum absolute atomic E-state index is 11.4. The van der Waals surface area contributed by atoms with Gasteiger partial charge in [0.05, 0.1) is 4.88 Å². The van der Waals surface area contributed by atoms with Crippen LogP contribution in [0.2, 0.25) is 0 Å². The number of carbonyl (C=O) groups excluding carboxylic acids is 1. The summed E-state index contributed by atoms with van der Waals surface area (Å²) in [5, 5.41) is 1.90. The summed E-state index contributed by atoms with van der Waals surface area (Å²) < 4.78 is 0.887. The average Bonchev–Trinajstić information content (AvgIpc) is 2.47. The molecule has 0 aromatic carbocycles. The molecule has 1 rings (SSSR count). The van der Waals surface area contributed by atoms with Crippen molar-refractivity contribution in [1.29, 1.82) is 0 Å². The minimum atomic E-state index is 0.0822. The second-order valence-corrected chi connectivity index (χ2v) is 4.04. The lowest BCUT2D eigenvalue weighted by Crippen LogP contribution is -1.89. The van der Waals surface area contributed by atoms with E-state index < -0.39 is 0 Å². The first-order valence-corrected chi connectivity index (χ1v) is 5.36. The fourth-order valence-electron chi connectivity index (χ4n) is 0.770. The number of ketones is 1. The van der Waals surface area contributed by atoms with Crippen LogP contribution < -0.4 is 0 Å². The zero-order valence-corrected chi connectivity index (χ0v) is 9.11. The Labute approximate surface area is 84.2 Å². The number of rotatable bonds is 3. The molecule has 12 heavy (non-hydrogen) atoms. The Bertz CT molecular complexity index is 301. The monoisotopic (exact) mass is 244 g/mol. The predicted octanol–water partition coefficient (Wildman–Crippen LogP) is 3.66. The standard InChI is InChI=1S/C9H9BrOS/c1-2-3-4-8(11)9-7(10)5-6-12-9/h3-6H,2H2,1H3. The van der Waals surface area contributed by atoms with Gasteiger partial charge < -0.3 is 0 Å². The van der Waals surface area contributed by atoms with Crippen LogP contribution in [0.3, 0.4) is 0 Å². The van der Waals surface area contributed by atoms with E-state index in [1.807, 2.05) is 24.4 Å². The molecule has 0 aliphatic rings. The van der Waals surface area contributed by atoms with Crippen LogP contribution in [-0.4, -0.2) is 5.78 Å². The molecule has 1 aromatic heterocycles. The molecule has 0 aliphatic carbocycles. The zero-order chi connectivity index (χ0) is 8.97. The van der Waals surface area contributed by atoms with Gasteiger partial charge in [-0.15, -0.1) is 11.3 Å². The Kier molecular flexibility index (Phi) is 3.69. The van der Waals surface area contributed by atoms with Crippen LogP contribution in [0.25, 0.3) is 0 Å². The fourth-order valence-corrected chi connectivity index (χ4v) is 2.26. The van der Waals surface area contributed by atoms with Crippen molar-refractivity contribution < 1.29 is 4.79 Å². The number of thiophene rings is 1. The number of hydrogen-bond acceptors (Lipinski definition) is 2. The second-order valence-electron chi connectivity index (χ2n) is 2.27. The van der Waals surface area contributed by atoms with Gasteiger partial charge in [0, 0.05) is 4.47 Å². The summed E-state index contributed by atoms with van der Waals surface area (Å²) in [5.74, 6) is 0.0822. The number of hydrogen-bond donors (Lipinski definition) is 0. The van der Waals surface area contributed by atoms with Crippen molar-refractivity contribution in [2.24, 2.45) is 0 Å². The summed E-state index contributed by atoms with van der Waals surface area (Å²) in [6, 6.07) is 1.89. The Hall–Kier alpha value is -0.410. The molecule has 1 nitrogen and oxygen atoms in total. The number of carbonyl (C=O) groups is 1. The van der Waals surface area contributed by atoms with Gasteiger partial charge in [0.15, 0.2) is 5.78 Å². The molecule has 1 aromatic rings. The summed E-state index contributed by atoms with van der Waals surface area (Å²) in [6.07, 6.45) is 4.39.